The number of nitrogens with zero attached hydrogens (tertiary/aromatic N) is 2. The molecule has 2 rings (SSSR count). The summed E-state index contributed by atoms with van der Waals surface area (Å²) in [6.45, 7) is 1.78. The molecular formula is C5H4N2O3. The number of fused-ring (bicyclic) bond motifs is 2. The molecule has 0 radical (unpaired) electrons. The van der Waals surface area contributed by atoms with Gasteiger partial charge in [0.25, 0.3) is 5.88 Å². The average Bonchev–Trinajstić information content (AvgIpc) is 2.07. The molecule has 0 fully saturated rings. The molecule has 0 spiro atoms. The lowest BCUT2D eigenvalue weighted by atomic mass is 10.4. The SMILES string of the molecule is Cc1cn2nc1OC(=O)O2. The van der Waals surface area contributed by atoms with Gasteiger partial charge in [0, 0.05) is 5.56 Å². The number of carbonyl (C=O) groups is 1. The molecule has 1 aromatic heterocycles. The Morgan fingerprint density at radius 1 is 1.70 bits per heavy atom. The molecule has 0 saturated heterocycles. The van der Waals surface area contributed by atoms with Crippen molar-refractivity contribution < 1.29 is 14.4 Å². The maximum Gasteiger partial charge on any atom is 0.542 e. The van der Waals surface area contributed by atoms with Crippen molar-refractivity contribution in [3.63, 3.8) is 0 Å². The van der Waals surface area contributed by atoms with Crippen LogP contribution in [0.3, 0.4) is 0 Å². The predicted octanol–water partition coefficient (Wildman–Crippen LogP) is 0.133. The van der Waals surface area contributed by atoms with Crippen LogP contribution in [0.15, 0.2) is 6.20 Å². The minimum atomic E-state index is -0.738. The molecule has 0 aromatic carbocycles. The van der Waals surface area contributed by atoms with Crippen LogP contribution in [0.2, 0.25) is 0 Å². The number of rotatable bonds is 0. The fourth-order valence-electron chi connectivity index (χ4n) is 0.740. The van der Waals surface area contributed by atoms with Crippen molar-refractivity contribution >= 4 is 6.16 Å². The van der Waals surface area contributed by atoms with E-state index in [9.17, 15) is 4.79 Å². The lowest BCUT2D eigenvalue weighted by Crippen LogP contribution is -2.27. The number of ether oxygens (including phenoxy) is 1. The minimum absolute atomic E-state index is 0.316. The number of hydrogen-bond acceptors (Lipinski definition) is 4. The first kappa shape index (κ1) is 5.28. The van der Waals surface area contributed by atoms with E-state index in [1.807, 2.05) is 0 Å². The molecule has 1 aliphatic heterocycles. The summed E-state index contributed by atoms with van der Waals surface area (Å²) in [5.74, 6) is 0.316. The van der Waals surface area contributed by atoms with E-state index in [1.165, 1.54) is 0 Å². The summed E-state index contributed by atoms with van der Waals surface area (Å²) in [4.78, 5) is 16.0. The maximum atomic E-state index is 10.5. The van der Waals surface area contributed by atoms with Gasteiger partial charge in [0.05, 0.1) is 6.20 Å². The Morgan fingerprint density at radius 3 is 3.20 bits per heavy atom. The molecule has 2 bridgehead atoms. The first-order valence-electron chi connectivity index (χ1n) is 2.72. The summed E-state index contributed by atoms with van der Waals surface area (Å²) in [5, 5.41) is 3.72. The fraction of sp³-hybridized carbons (Fsp3) is 0.200. The minimum Gasteiger partial charge on any atom is -0.372 e. The highest BCUT2D eigenvalue weighted by atomic mass is 16.8. The summed E-state index contributed by atoms with van der Waals surface area (Å²) in [6, 6.07) is 0. The molecule has 5 nitrogen and oxygen atoms in total. The van der Waals surface area contributed by atoms with Crippen LogP contribution in [0.5, 0.6) is 5.88 Å². The van der Waals surface area contributed by atoms with Crippen molar-refractivity contribution in [2.24, 2.45) is 0 Å². The van der Waals surface area contributed by atoms with Crippen LogP contribution in [0.1, 0.15) is 5.56 Å². The third-order valence-corrected chi connectivity index (χ3v) is 1.18. The van der Waals surface area contributed by atoms with E-state index in [-0.39, 0.29) is 0 Å². The lowest BCUT2D eigenvalue weighted by molar-refractivity contribution is 0.0552. The van der Waals surface area contributed by atoms with E-state index < -0.39 is 6.16 Å². The summed E-state index contributed by atoms with van der Waals surface area (Å²) in [7, 11) is 0. The smallest absolute Gasteiger partial charge is 0.372 e. The Morgan fingerprint density at radius 2 is 2.50 bits per heavy atom. The number of aryl methyl sites for hydroxylation is 1. The summed E-state index contributed by atoms with van der Waals surface area (Å²) >= 11 is 0. The third kappa shape index (κ3) is 0.570. The molecule has 5 heteroatoms. The molecule has 0 unspecified atom stereocenters. The molecule has 0 amide bonds. The molecule has 2 heterocycles. The summed E-state index contributed by atoms with van der Waals surface area (Å²) < 4.78 is 4.57. The summed E-state index contributed by atoms with van der Waals surface area (Å²) in [6.07, 6.45) is 0.832. The highest BCUT2D eigenvalue weighted by molar-refractivity contribution is 5.64. The van der Waals surface area contributed by atoms with Gasteiger partial charge in [0.15, 0.2) is 0 Å². The monoisotopic (exact) mass is 140 g/mol. The second-order valence-electron chi connectivity index (χ2n) is 1.96. The second-order valence-corrected chi connectivity index (χ2v) is 1.96. The molecule has 0 saturated carbocycles. The zero-order valence-electron chi connectivity index (χ0n) is 5.20. The van der Waals surface area contributed by atoms with Gasteiger partial charge in [-0.3, -0.25) is 4.84 Å². The van der Waals surface area contributed by atoms with E-state index in [0.717, 1.165) is 10.4 Å². The average molecular weight is 140 g/mol. The Labute approximate surface area is 56.1 Å². The first-order chi connectivity index (χ1) is 4.75. The molecule has 0 N–H and O–H groups in total. The van der Waals surface area contributed by atoms with Crippen LogP contribution in [-0.2, 0) is 0 Å². The van der Waals surface area contributed by atoms with E-state index in [0.29, 0.717) is 5.88 Å². The van der Waals surface area contributed by atoms with Crippen molar-refractivity contribution in [1.82, 2.24) is 9.94 Å². The van der Waals surface area contributed by atoms with Crippen LogP contribution >= 0.6 is 0 Å². The van der Waals surface area contributed by atoms with Gasteiger partial charge in [-0.15, -0.1) is 0 Å². The highest BCUT2D eigenvalue weighted by Gasteiger charge is 2.20. The van der Waals surface area contributed by atoms with Gasteiger partial charge < -0.3 is 4.74 Å². The Kier molecular flexibility index (Phi) is 0.791. The van der Waals surface area contributed by atoms with Gasteiger partial charge in [-0.05, 0) is 6.92 Å². The quantitative estimate of drug-likeness (QED) is 0.481. The van der Waals surface area contributed by atoms with E-state index in [4.69, 9.17) is 0 Å². The molecule has 0 aliphatic carbocycles. The lowest BCUT2D eigenvalue weighted by Gasteiger charge is -2.04. The zero-order valence-corrected chi connectivity index (χ0v) is 5.20. The van der Waals surface area contributed by atoms with E-state index in [1.54, 1.807) is 13.1 Å². The molecule has 52 valence electrons. The van der Waals surface area contributed by atoms with Gasteiger partial charge in [-0.1, -0.05) is 9.94 Å². The fourth-order valence-corrected chi connectivity index (χ4v) is 0.740. The van der Waals surface area contributed by atoms with Gasteiger partial charge >= 0.3 is 6.16 Å². The van der Waals surface area contributed by atoms with Gasteiger partial charge in [-0.2, -0.15) is 0 Å². The molecule has 1 aromatic rings. The highest BCUT2D eigenvalue weighted by Crippen LogP contribution is 2.16. The van der Waals surface area contributed by atoms with Gasteiger partial charge in [0.1, 0.15) is 0 Å². The molecular weight excluding hydrogens is 136 g/mol. The van der Waals surface area contributed by atoms with Gasteiger partial charge in [-0.25, -0.2) is 4.79 Å². The second kappa shape index (κ2) is 1.50. The van der Waals surface area contributed by atoms with Crippen LogP contribution in [0.4, 0.5) is 4.79 Å². The van der Waals surface area contributed by atoms with Crippen molar-refractivity contribution in [3.8, 4) is 5.88 Å². The van der Waals surface area contributed by atoms with Crippen molar-refractivity contribution in [2.75, 3.05) is 0 Å². The largest absolute Gasteiger partial charge is 0.542 e. The Bertz CT molecular complexity index is 287. The third-order valence-electron chi connectivity index (χ3n) is 1.18. The van der Waals surface area contributed by atoms with Crippen molar-refractivity contribution in [3.05, 3.63) is 11.8 Å². The predicted molar refractivity (Wildman–Crippen MR) is 29.6 cm³/mol. The molecule has 10 heavy (non-hydrogen) atoms. The van der Waals surface area contributed by atoms with Crippen LogP contribution in [-0.4, -0.2) is 16.1 Å². The van der Waals surface area contributed by atoms with Crippen LogP contribution < -0.4 is 9.57 Å². The Balaban J connectivity index is 2.54. The van der Waals surface area contributed by atoms with Crippen molar-refractivity contribution in [2.45, 2.75) is 6.92 Å². The van der Waals surface area contributed by atoms with Gasteiger partial charge in [0.2, 0.25) is 0 Å². The number of carbonyl (C=O) groups excluding carboxylic acids is 1. The normalized spacial score (nSPS) is 14.3. The molecule has 1 aliphatic rings. The first-order valence-corrected chi connectivity index (χ1v) is 2.72. The Hall–Kier alpha value is -1.52. The van der Waals surface area contributed by atoms with Crippen molar-refractivity contribution in [1.29, 1.82) is 0 Å². The standard InChI is InChI=1S/C5H4N2O3/c1-3-2-7-6-4(3)9-5(8)10-7/h2H,1H3. The molecule has 0 atom stereocenters. The maximum absolute atomic E-state index is 10.5. The zero-order chi connectivity index (χ0) is 7.14. The van der Waals surface area contributed by atoms with Crippen LogP contribution in [0, 0.1) is 6.92 Å². The van der Waals surface area contributed by atoms with E-state index >= 15 is 0 Å². The number of aromatic nitrogens is 2. The van der Waals surface area contributed by atoms with Crippen LogP contribution in [0.25, 0.3) is 0 Å². The topological polar surface area (TPSA) is 53.4 Å². The summed E-state index contributed by atoms with van der Waals surface area (Å²) in [5.41, 5.74) is 0.783. The van der Waals surface area contributed by atoms with E-state index in [2.05, 4.69) is 14.7 Å². The number of hydrogen-bond donors (Lipinski definition) is 0.